The molecule has 7 heteroatoms. The molecule has 6 nitrogen and oxygen atoms in total. The molecule has 3 rings (SSSR count). The topological polar surface area (TPSA) is 59.5 Å². The number of nitrogens with one attached hydrogen (secondary N) is 1. The molecule has 0 amide bonds. The van der Waals surface area contributed by atoms with E-state index >= 15 is 0 Å². The van der Waals surface area contributed by atoms with Crippen molar-refractivity contribution in [3.8, 4) is 11.5 Å². The molecule has 0 radical (unpaired) electrons. The second-order valence-corrected chi connectivity index (χ2v) is 6.04. The maximum atomic E-state index is 6.17. The van der Waals surface area contributed by atoms with Crippen molar-refractivity contribution in [1.82, 2.24) is 9.97 Å². The fourth-order valence-electron chi connectivity index (χ4n) is 2.69. The number of hydrogen-bond donors (Lipinski definition) is 1. The summed E-state index contributed by atoms with van der Waals surface area (Å²) in [6, 6.07) is 15.3. The molecule has 1 N–H and O–H groups in total. The minimum atomic E-state index is 0.476. The maximum absolute atomic E-state index is 6.17. The Morgan fingerprint density at radius 2 is 1.78 bits per heavy atom. The normalized spacial score (nSPS) is 10.4. The van der Waals surface area contributed by atoms with Crippen LogP contribution in [0.3, 0.4) is 0 Å². The summed E-state index contributed by atoms with van der Waals surface area (Å²) in [6.07, 6.45) is 1.72. The summed E-state index contributed by atoms with van der Waals surface area (Å²) >= 11 is 6.17. The predicted octanol–water partition coefficient (Wildman–Crippen LogP) is 5.05. The average Bonchev–Trinajstić information content (AvgIpc) is 2.70. The minimum Gasteiger partial charge on any atom is -0.495 e. The molecule has 0 atom stereocenters. The van der Waals surface area contributed by atoms with Gasteiger partial charge in [-0.3, -0.25) is 0 Å². The predicted molar refractivity (Wildman–Crippen MR) is 109 cm³/mol. The van der Waals surface area contributed by atoms with Crippen LogP contribution >= 0.6 is 11.6 Å². The summed E-state index contributed by atoms with van der Waals surface area (Å²) < 4.78 is 10.7. The average molecular weight is 385 g/mol. The number of para-hydroxylation sites is 1. The van der Waals surface area contributed by atoms with Crippen molar-refractivity contribution in [2.75, 3.05) is 31.0 Å². The van der Waals surface area contributed by atoms with Crippen LogP contribution in [-0.2, 0) is 0 Å². The Labute approximate surface area is 163 Å². The zero-order chi connectivity index (χ0) is 19.2. The van der Waals surface area contributed by atoms with Gasteiger partial charge in [-0.1, -0.05) is 29.8 Å². The highest BCUT2D eigenvalue weighted by atomic mass is 35.5. The molecule has 0 bridgehead atoms. The molecule has 0 saturated carbocycles. The van der Waals surface area contributed by atoms with Crippen molar-refractivity contribution in [2.24, 2.45) is 0 Å². The highest BCUT2D eigenvalue weighted by Crippen LogP contribution is 2.37. The largest absolute Gasteiger partial charge is 0.495 e. The number of aromatic nitrogens is 2. The second kappa shape index (κ2) is 8.60. The van der Waals surface area contributed by atoms with Crippen LogP contribution in [0.15, 0.2) is 54.7 Å². The van der Waals surface area contributed by atoms with Crippen LogP contribution in [0.5, 0.6) is 11.5 Å². The summed E-state index contributed by atoms with van der Waals surface area (Å²) in [4.78, 5) is 11.1. The van der Waals surface area contributed by atoms with E-state index in [1.165, 1.54) is 0 Å². The number of methoxy groups -OCH3 is 2. The number of ether oxygens (including phenoxy) is 2. The van der Waals surface area contributed by atoms with Crippen LogP contribution in [0.25, 0.3) is 0 Å². The lowest BCUT2D eigenvalue weighted by Gasteiger charge is -2.21. The second-order valence-electron chi connectivity index (χ2n) is 5.63. The summed E-state index contributed by atoms with van der Waals surface area (Å²) in [5, 5.41) is 3.73. The van der Waals surface area contributed by atoms with Crippen molar-refractivity contribution >= 4 is 34.7 Å². The lowest BCUT2D eigenvalue weighted by molar-refractivity contribution is 0.405. The van der Waals surface area contributed by atoms with Gasteiger partial charge in [-0.25, -0.2) is 4.98 Å². The van der Waals surface area contributed by atoms with E-state index in [0.717, 1.165) is 12.2 Å². The first kappa shape index (κ1) is 18.8. The zero-order valence-electron chi connectivity index (χ0n) is 15.4. The first-order valence-electron chi connectivity index (χ1n) is 8.50. The van der Waals surface area contributed by atoms with Crippen molar-refractivity contribution in [1.29, 1.82) is 0 Å². The molecule has 0 fully saturated rings. The van der Waals surface area contributed by atoms with Gasteiger partial charge in [0.05, 0.1) is 24.9 Å². The molecule has 2 aromatic carbocycles. The SMILES string of the molecule is CCN(c1ccccc1)c1nccc(Nc2cc(OC)c(Cl)cc2OC)n1. The van der Waals surface area contributed by atoms with Crippen LogP contribution in [-0.4, -0.2) is 30.7 Å². The lowest BCUT2D eigenvalue weighted by Crippen LogP contribution is -2.19. The van der Waals surface area contributed by atoms with E-state index < -0.39 is 0 Å². The van der Waals surface area contributed by atoms with Crippen LogP contribution in [0.1, 0.15) is 6.92 Å². The number of halogens is 1. The molecule has 3 aromatic rings. The molecule has 1 heterocycles. The third kappa shape index (κ3) is 4.23. The van der Waals surface area contributed by atoms with Gasteiger partial charge >= 0.3 is 0 Å². The number of nitrogens with zero attached hydrogens (tertiary/aromatic N) is 3. The van der Waals surface area contributed by atoms with Crippen LogP contribution < -0.4 is 19.7 Å². The van der Waals surface area contributed by atoms with Crippen LogP contribution in [0.2, 0.25) is 5.02 Å². The molecule has 0 saturated heterocycles. The lowest BCUT2D eigenvalue weighted by atomic mass is 10.2. The first-order valence-corrected chi connectivity index (χ1v) is 8.88. The van der Waals surface area contributed by atoms with E-state index in [0.29, 0.717) is 34.0 Å². The van der Waals surface area contributed by atoms with E-state index in [2.05, 4.69) is 22.2 Å². The Hall–Kier alpha value is -2.99. The van der Waals surface area contributed by atoms with Gasteiger partial charge < -0.3 is 19.7 Å². The summed E-state index contributed by atoms with van der Waals surface area (Å²) in [5.41, 5.74) is 1.73. The maximum Gasteiger partial charge on any atom is 0.231 e. The van der Waals surface area contributed by atoms with Gasteiger partial charge in [-0.2, -0.15) is 4.98 Å². The molecule has 27 heavy (non-hydrogen) atoms. The molecular weight excluding hydrogens is 364 g/mol. The Balaban J connectivity index is 1.93. The van der Waals surface area contributed by atoms with E-state index in [1.807, 2.05) is 35.2 Å². The Morgan fingerprint density at radius 1 is 1.04 bits per heavy atom. The van der Waals surface area contributed by atoms with Gasteiger partial charge in [0.1, 0.15) is 17.3 Å². The molecule has 1 aromatic heterocycles. The standard InChI is InChI=1S/C20H21ClN4O2/c1-4-25(14-8-6-5-7-9-14)20-22-11-10-19(24-20)23-16-13-17(26-2)15(21)12-18(16)27-3/h5-13H,4H2,1-3H3,(H,22,23,24). The van der Waals surface area contributed by atoms with Gasteiger partial charge in [0, 0.05) is 30.6 Å². The number of rotatable bonds is 7. The molecule has 0 aliphatic rings. The highest BCUT2D eigenvalue weighted by molar-refractivity contribution is 6.32. The third-order valence-electron chi connectivity index (χ3n) is 4.01. The molecule has 0 spiro atoms. The Bertz CT molecular complexity index is 906. The summed E-state index contributed by atoms with van der Waals surface area (Å²) in [6.45, 7) is 2.80. The van der Waals surface area contributed by atoms with Crippen molar-refractivity contribution in [3.63, 3.8) is 0 Å². The third-order valence-corrected chi connectivity index (χ3v) is 4.30. The van der Waals surface area contributed by atoms with Crippen molar-refractivity contribution in [3.05, 3.63) is 59.8 Å². The Kier molecular flexibility index (Phi) is 5.98. The van der Waals surface area contributed by atoms with Crippen molar-refractivity contribution in [2.45, 2.75) is 6.92 Å². The Morgan fingerprint density at radius 3 is 2.44 bits per heavy atom. The fraction of sp³-hybridized carbons (Fsp3) is 0.200. The van der Waals surface area contributed by atoms with E-state index in [4.69, 9.17) is 21.1 Å². The molecule has 0 aliphatic carbocycles. The summed E-state index contributed by atoms with van der Waals surface area (Å²) in [7, 11) is 3.15. The first-order chi connectivity index (χ1) is 13.2. The number of hydrogen-bond acceptors (Lipinski definition) is 6. The monoisotopic (exact) mass is 384 g/mol. The van der Waals surface area contributed by atoms with Gasteiger partial charge in [-0.15, -0.1) is 0 Å². The highest BCUT2D eigenvalue weighted by Gasteiger charge is 2.13. The molecule has 140 valence electrons. The number of benzene rings is 2. The summed E-state index contributed by atoms with van der Waals surface area (Å²) in [5.74, 6) is 2.38. The van der Waals surface area contributed by atoms with E-state index in [1.54, 1.807) is 38.6 Å². The van der Waals surface area contributed by atoms with Gasteiger partial charge in [0.25, 0.3) is 0 Å². The van der Waals surface area contributed by atoms with Gasteiger partial charge in [-0.05, 0) is 25.1 Å². The zero-order valence-corrected chi connectivity index (χ0v) is 16.2. The smallest absolute Gasteiger partial charge is 0.231 e. The number of anilines is 4. The fourth-order valence-corrected chi connectivity index (χ4v) is 2.92. The van der Waals surface area contributed by atoms with Crippen LogP contribution in [0.4, 0.5) is 23.1 Å². The minimum absolute atomic E-state index is 0.476. The molecule has 0 unspecified atom stereocenters. The van der Waals surface area contributed by atoms with Crippen molar-refractivity contribution < 1.29 is 9.47 Å². The van der Waals surface area contributed by atoms with E-state index in [-0.39, 0.29) is 0 Å². The van der Waals surface area contributed by atoms with E-state index in [9.17, 15) is 0 Å². The quantitative estimate of drug-likeness (QED) is 0.615. The van der Waals surface area contributed by atoms with Gasteiger partial charge in [0.2, 0.25) is 5.95 Å². The van der Waals surface area contributed by atoms with Crippen LogP contribution in [0, 0.1) is 0 Å². The van der Waals surface area contributed by atoms with Gasteiger partial charge in [0.15, 0.2) is 0 Å². The molecule has 0 aliphatic heterocycles. The molecular formula is C20H21ClN4O2.